The lowest BCUT2D eigenvalue weighted by Gasteiger charge is -2.23. The van der Waals surface area contributed by atoms with E-state index in [1.807, 2.05) is 37.4 Å². The summed E-state index contributed by atoms with van der Waals surface area (Å²) in [6.45, 7) is 2.44. The van der Waals surface area contributed by atoms with Crippen molar-refractivity contribution in [3.8, 4) is 0 Å². The summed E-state index contributed by atoms with van der Waals surface area (Å²) in [5, 5.41) is 3.63. The average molecular weight is 326 g/mol. The third-order valence-electron chi connectivity index (χ3n) is 4.47. The van der Waals surface area contributed by atoms with Crippen LogP contribution in [0, 0.1) is 5.92 Å². The summed E-state index contributed by atoms with van der Waals surface area (Å²) in [6, 6.07) is 9.60. The highest BCUT2D eigenvalue weighted by Crippen LogP contribution is 2.16. The molecule has 6 heteroatoms. The molecule has 1 fully saturated rings. The second-order valence-corrected chi connectivity index (χ2v) is 6.24. The number of fused-ring (bicyclic) bond motifs is 1. The van der Waals surface area contributed by atoms with Crippen LogP contribution in [0.5, 0.6) is 0 Å². The lowest BCUT2D eigenvalue weighted by molar-refractivity contribution is -0.125. The summed E-state index contributed by atoms with van der Waals surface area (Å²) >= 11 is 0. The molecule has 0 aliphatic carbocycles. The molecule has 1 unspecified atom stereocenters. The summed E-state index contributed by atoms with van der Waals surface area (Å²) in [5.41, 5.74) is 1.43. The first-order valence-electron chi connectivity index (χ1n) is 8.12. The van der Waals surface area contributed by atoms with E-state index < -0.39 is 0 Å². The van der Waals surface area contributed by atoms with Crippen molar-refractivity contribution < 1.29 is 9.59 Å². The Labute approximate surface area is 141 Å². The quantitative estimate of drug-likeness (QED) is 0.894. The predicted octanol–water partition coefficient (Wildman–Crippen LogP) is 0.985. The molecule has 2 aromatic rings. The molecule has 2 heterocycles. The van der Waals surface area contributed by atoms with E-state index >= 15 is 0 Å². The van der Waals surface area contributed by atoms with E-state index in [9.17, 15) is 9.59 Å². The number of rotatable bonds is 2. The van der Waals surface area contributed by atoms with Gasteiger partial charge in [0, 0.05) is 44.8 Å². The Balaban J connectivity index is 1.84. The SMILES string of the molecule is CNC(=O)C1CN(C)CCN(C(=O)c2cnc3ccccc3c2)C1. The van der Waals surface area contributed by atoms with Crippen molar-refractivity contribution in [1.82, 2.24) is 20.1 Å². The maximum absolute atomic E-state index is 12.9. The van der Waals surface area contributed by atoms with E-state index in [1.54, 1.807) is 18.1 Å². The Morgan fingerprint density at radius 2 is 2.00 bits per heavy atom. The predicted molar refractivity (Wildman–Crippen MR) is 92.7 cm³/mol. The molecular formula is C18H22N4O2. The maximum Gasteiger partial charge on any atom is 0.255 e. The van der Waals surface area contributed by atoms with Gasteiger partial charge in [0.2, 0.25) is 5.91 Å². The lowest BCUT2D eigenvalue weighted by atomic mass is 10.1. The van der Waals surface area contributed by atoms with Gasteiger partial charge in [-0.15, -0.1) is 0 Å². The largest absolute Gasteiger partial charge is 0.359 e. The number of pyridine rings is 1. The summed E-state index contributed by atoms with van der Waals surface area (Å²) in [4.78, 5) is 33.2. The normalized spacial score (nSPS) is 19.1. The van der Waals surface area contributed by atoms with E-state index in [1.165, 1.54) is 0 Å². The van der Waals surface area contributed by atoms with Crippen LogP contribution in [0.15, 0.2) is 36.5 Å². The molecule has 1 aromatic carbocycles. The Morgan fingerprint density at radius 1 is 1.21 bits per heavy atom. The molecule has 1 aliphatic rings. The number of benzene rings is 1. The first-order valence-corrected chi connectivity index (χ1v) is 8.12. The molecule has 0 spiro atoms. The third kappa shape index (κ3) is 3.38. The summed E-state index contributed by atoms with van der Waals surface area (Å²) in [6.07, 6.45) is 1.62. The smallest absolute Gasteiger partial charge is 0.255 e. The van der Waals surface area contributed by atoms with Gasteiger partial charge >= 0.3 is 0 Å². The van der Waals surface area contributed by atoms with Crippen molar-refractivity contribution >= 4 is 22.7 Å². The van der Waals surface area contributed by atoms with Crippen LogP contribution in [0.3, 0.4) is 0 Å². The van der Waals surface area contributed by atoms with Gasteiger partial charge in [0.15, 0.2) is 0 Å². The Hall–Kier alpha value is -2.47. The molecule has 24 heavy (non-hydrogen) atoms. The van der Waals surface area contributed by atoms with Crippen molar-refractivity contribution in [1.29, 1.82) is 0 Å². The van der Waals surface area contributed by atoms with Crippen molar-refractivity contribution in [3.05, 3.63) is 42.1 Å². The lowest BCUT2D eigenvalue weighted by Crippen LogP contribution is -2.41. The molecule has 126 valence electrons. The number of aromatic nitrogens is 1. The Bertz CT molecular complexity index is 762. The fourth-order valence-electron chi connectivity index (χ4n) is 3.10. The first kappa shape index (κ1) is 16.4. The van der Waals surface area contributed by atoms with Crippen LogP contribution in [-0.2, 0) is 4.79 Å². The molecule has 1 aromatic heterocycles. The average Bonchev–Trinajstić information content (AvgIpc) is 2.81. The Kier molecular flexibility index (Phi) is 4.76. The van der Waals surface area contributed by atoms with Gasteiger partial charge in [-0.05, 0) is 19.2 Å². The Morgan fingerprint density at radius 3 is 2.79 bits per heavy atom. The minimum atomic E-state index is -0.222. The highest BCUT2D eigenvalue weighted by atomic mass is 16.2. The van der Waals surface area contributed by atoms with Gasteiger partial charge in [0.25, 0.3) is 5.91 Å². The molecule has 1 N–H and O–H groups in total. The van der Waals surface area contributed by atoms with E-state index in [-0.39, 0.29) is 17.7 Å². The first-order chi connectivity index (χ1) is 11.6. The van der Waals surface area contributed by atoms with Gasteiger partial charge in [0.05, 0.1) is 17.0 Å². The van der Waals surface area contributed by atoms with Gasteiger partial charge in [-0.25, -0.2) is 0 Å². The van der Waals surface area contributed by atoms with E-state index in [2.05, 4.69) is 15.2 Å². The minimum Gasteiger partial charge on any atom is -0.359 e. The summed E-state index contributed by atoms with van der Waals surface area (Å²) < 4.78 is 0. The third-order valence-corrected chi connectivity index (χ3v) is 4.47. The molecule has 1 atom stereocenters. The van der Waals surface area contributed by atoms with E-state index in [0.29, 0.717) is 25.2 Å². The van der Waals surface area contributed by atoms with Crippen LogP contribution in [0.1, 0.15) is 10.4 Å². The molecule has 6 nitrogen and oxygen atoms in total. The second-order valence-electron chi connectivity index (χ2n) is 6.24. The molecule has 3 rings (SSSR count). The topological polar surface area (TPSA) is 65.5 Å². The zero-order valence-electron chi connectivity index (χ0n) is 14.0. The number of nitrogens with zero attached hydrogens (tertiary/aromatic N) is 3. The molecular weight excluding hydrogens is 304 g/mol. The number of carbonyl (C=O) groups excluding carboxylic acids is 2. The van der Waals surface area contributed by atoms with Crippen LogP contribution in [0.25, 0.3) is 10.9 Å². The zero-order chi connectivity index (χ0) is 17.1. The molecule has 1 saturated heterocycles. The van der Waals surface area contributed by atoms with Gasteiger partial charge in [-0.3, -0.25) is 14.6 Å². The maximum atomic E-state index is 12.9. The van der Waals surface area contributed by atoms with E-state index in [0.717, 1.165) is 17.4 Å². The highest BCUT2D eigenvalue weighted by molar-refractivity contribution is 5.97. The second kappa shape index (κ2) is 6.97. The molecule has 0 saturated carbocycles. The molecule has 0 radical (unpaired) electrons. The number of amides is 2. The zero-order valence-corrected chi connectivity index (χ0v) is 14.0. The van der Waals surface area contributed by atoms with Gasteiger partial charge in [0.1, 0.15) is 0 Å². The number of hydrogen-bond donors (Lipinski definition) is 1. The van der Waals surface area contributed by atoms with Crippen LogP contribution in [0.2, 0.25) is 0 Å². The van der Waals surface area contributed by atoms with Gasteiger partial charge in [-0.1, -0.05) is 18.2 Å². The van der Waals surface area contributed by atoms with Crippen LogP contribution < -0.4 is 5.32 Å². The van der Waals surface area contributed by atoms with Crippen LogP contribution >= 0.6 is 0 Å². The van der Waals surface area contributed by atoms with Gasteiger partial charge < -0.3 is 15.1 Å². The fraction of sp³-hybridized carbons (Fsp3) is 0.389. The summed E-state index contributed by atoms with van der Waals surface area (Å²) in [5.74, 6) is -0.324. The standard InChI is InChI=1S/C18H22N4O2/c1-19-17(23)15-11-21(2)7-8-22(12-15)18(24)14-9-13-5-3-4-6-16(13)20-10-14/h3-6,9-10,15H,7-8,11-12H2,1-2H3,(H,19,23). The van der Waals surface area contributed by atoms with Crippen molar-refractivity contribution in [2.45, 2.75) is 0 Å². The monoisotopic (exact) mass is 326 g/mol. The van der Waals surface area contributed by atoms with E-state index in [4.69, 9.17) is 0 Å². The summed E-state index contributed by atoms with van der Waals surface area (Å²) in [7, 11) is 3.61. The molecule has 1 aliphatic heterocycles. The van der Waals surface area contributed by atoms with Crippen molar-refractivity contribution in [2.75, 3.05) is 40.3 Å². The minimum absolute atomic E-state index is 0.0295. The number of para-hydroxylation sites is 1. The van der Waals surface area contributed by atoms with Gasteiger partial charge in [-0.2, -0.15) is 0 Å². The molecule has 0 bridgehead atoms. The van der Waals surface area contributed by atoms with Crippen molar-refractivity contribution in [2.24, 2.45) is 5.92 Å². The molecule has 2 amide bonds. The van der Waals surface area contributed by atoms with Crippen molar-refractivity contribution in [3.63, 3.8) is 0 Å². The van der Waals surface area contributed by atoms with Crippen LogP contribution in [-0.4, -0.2) is 66.9 Å². The number of carbonyl (C=O) groups is 2. The number of likely N-dealkylation sites (N-methyl/N-ethyl adjacent to an activating group) is 1. The fourth-order valence-corrected chi connectivity index (χ4v) is 3.10. The number of nitrogens with one attached hydrogen (secondary N) is 1. The van der Waals surface area contributed by atoms with Crippen LogP contribution in [0.4, 0.5) is 0 Å². The highest BCUT2D eigenvalue weighted by Gasteiger charge is 2.29. The number of hydrogen-bond acceptors (Lipinski definition) is 4.